The summed E-state index contributed by atoms with van der Waals surface area (Å²) in [6, 6.07) is 10.9. The van der Waals surface area contributed by atoms with Gasteiger partial charge in [-0.1, -0.05) is 29.8 Å². The Bertz CT molecular complexity index is 979. The zero-order chi connectivity index (χ0) is 21.0. The number of halogens is 2. The van der Waals surface area contributed by atoms with Crippen molar-refractivity contribution in [3.05, 3.63) is 61.0 Å². The van der Waals surface area contributed by atoms with Gasteiger partial charge in [0.15, 0.2) is 11.5 Å². The normalized spacial score (nSPS) is 15.3. The first kappa shape index (κ1) is 22.0. The van der Waals surface area contributed by atoms with Crippen molar-refractivity contribution >= 4 is 63.2 Å². The maximum Gasteiger partial charge on any atom is 0.293 e. The van der Waals surface area contributed by atoms with Crippen molar-refractivity contribution in [2.75, 3.05) is 13.2 Å². The Morgan fingerprint density at radius 2 is 1.86 bits per heavy atom. The van der Waals surface area contributed by atoms with Crippen LogP contribution in [-0.2, 0) is 11.3 Å². The van der Waals surface area contributed by atoms with E-state index in [0.717, 1.165) is 26.5 Å². The van der Waals surface area contributed by atoms with Gasteiger partial charge >= 0.3 is 0 Å². The Morgan fingerprint density at radius 1 is 1.14 bits per heavy atom. The Hall–Kier alpha value is -1.71. The van der Waals surface area contributed by atoms with Gasteiger partial charge in [-0.15, -0.1) is 0 Å². The molecule has 8 heteroatoms. The van der Waals surface area contributed by atoms with Crippen LogP contribution in [0.4, 0.5) is 4.79 Å². The lowest BCUT2D eigenvalue weighted by Gasteiger charge is -2.14. The SMILES string of the molecule is CCOc1cc(/C=C2/SC(=O)N(Cc3ccccc3Cl)C2=O)cc(I)c1OCC. The largest absolute Gasteiger partial charge is 0.490 e. The van der Waals surface area contributed by atoms with Crippen molar-refractivity contribution in [2.24, 2.45) is 0 Å². The van der Waals surface area contributed by atoms with Crippen LogP contribution in [0.3, 0.4) is 0 Å². The lowest BCUT2D eigenvalue weighted by molar-refractivity contribution is -0.123. The predicted molar refractivity (Wildman–Crippen MR) is 124 cm³/mol. The van der Waals surface area contributed by atoms with Crippen LogP contribution in [0.2, 0.25) is 5.02 Å². The number of nitrogens with zero attached hydrogens (tertiary/aromatic N) is 1. The molecule has 1 aliphatic heterocycles. The zero-order valence-corrected chi connectivity index (χ0v) is 19.6. The van der Waals surface area contributed by atoms with Gasteiger partial charge in [0.2, 0.25) is 0 Å². The van der Waals surface area contributed by atoms with Gasteiger partial charge in [0.1, 0.15) is 0 Å². The van der Waals surface area contributed by atoms with E-state index in [0.29, 0.717) is 34.6 Å². The van der Waals surface area contributed by atoms with Crippen molar-refractivity contribution in [3.63, 3.8) is 0 Å². The summed E-state index contributed by atoms with van der Waals surface area (Å²) >= 11 is 9.27. The van der Waals surface area contributed by atoms with E-state index in [1.54, 1.807) is 18.2 Å². The number of hydrogen-bond donors (Lipinski definition) is 0. The fraction of sp³-hybridized carbons (Fsp3) is 0.238. The summed E-state index contributed by atoms with van der Waals surface area (Å²) in [7, 11) is 0. The molecule has 0 atom stereocenters. The lowest BCUT2D eigenvalue weighted by atomic mass is 10.1. The maximum absolute atomic E-state index is 12.8. The van der Waals surface area contributed by atoms with Crippen molar-refractivity contribution in [1.82, 2.24) is 4.90 Å². The molecule has 1 heterocycles. The van der Waals surface area contributed by atoms with Crippen LogP contribution in [0, 0.1) is 3.57 Å². The lowest BCUT2D eigenvalue weighted by Crippen LogP contribution is -2.27. The highest BCUT2D eigenvalue weighted by molar-refractivity contribution is 14.1. The minimum atomic E-state index is -0.332. The zero-order valence-electron chi connectivity index (χ0n) is 15.9. The summed E-state index contributed by atoms with van der Waals surface area (Å²) in [5.41, 5.74) is 1.50. The van der Waals surface area contributed by atoms with E-state index >= 15 is 0 Å². The van der Waals surface area contributed by atoms with Crippen LogP contribution in [0.25, 0.3) is 6.08 Å². The molecule has 0 saturated carbocycles. The van der Waals surface area contributed by atoms with Crippen molar-refractivity contribution in [2.45, 2.75) is 20.4 Å². The molecule has 3 rings (SSSR count). The second kappa shape index (κ2) is 9.86. The predicted octanol–water partition coefficient (Wildman–Crippen LogP) is 5.98. The summed E-state index contributed by atoms with van der Waals surface area (Å²) in [5.74, 6) is 0.962. The monoisotopic (exact) mass is 543 g/mol. The second-order valence-electron chi connectivity index (χ2n) is 6.06. The molecule has 0 aromatic heterocycles. The Labute approximate surface area is 192 Å². The molecule has 5 nitrogen and oxygen atoms in total. The molecule has 0 spiro atoms. The number of benzene rings is 2. The van der Waals surface area contributed by atoms with Gasteiger partial charge in [-0.2, -0.15) is 0 Å². The molecule has 29 heavy (non-hydrogen) atoms. The minimum absolute atomic E-state index is 0.146. The van der Waals surface area contributed by atoms with Crippen molar-refractivity contribution in [1.29, 1.82) is 0 Å². The molecule has 0 unspecified atom stereocenters. The molecular weight excluding hydrogens is 525 g/mol. The third-order valence-corrected chi connectivity index (χ3v) is 6.16. The Balaban J connectivity index is 1.88. The van der Waals surface area contributed by atoms with Gasteiger partial charge in [0, 0.05) is 5.02 Å². The average Bonchev–Trinajstić information content (AvgIpc) is 2.94. The molecule has 1 fully saturated rings. The summed E-state index contributed by atoms with van der Waals surface area (Å²) in [4.78, 5) is 26.8. The van der Waals surface area contributed by atoms with E-state index in [1.807, 2.05) is 38.1 Å². The van der Waals surface area contributed by atoms with Crippen LogP contribution in [0.1, 0.15) is 25.0 Å². The van der Waals surface area contributed by atoms with Gasteiger partial charge in [-0.25, -0.2) is 0 Å². The molecule has 0 N–H and O–H groups in total. The molecule has 2 amide bonds. The number of hydrogen-bond acceptors (Lipinski definition) is 5. The van der Waals surface area contributed by atoms with E-state index in [2.05, 4.69) is 22.6 Å². The van der Waals surface area contributed by atoms with Crippen molar-refractivity contribution in [3.8, 4) is 11.5 Å². The second-order valence-corrected chi connectivity index (χ2v) is 8.62. The summed E-state index contributed by atoms with van der Waals surface area (Å²) in [6.07, 6.45) is 1.71. The van der Waals surface area contributed by atoms with Crippen LogP contribution < -0.4 is 9.47 Å². The van der Waals surface area contributed by atoms with Crippen molar-refractivity contribution < 1.29 is 19.1 Å². The fourth-order valence-electron chi connectivity index (χ4n) is 2.80. The van der Waals surface area contributed by atoms with Gasteiger partial charge in [0.05, 0.1) is 28.2 Å². The van der Waals surface area contributed by atoms with E-state index in [4.69, 9.17) is 21.1 Å². The molecular formula is C21H19ClINO4S. The molecule has 1 saturated heterocycles. The first-order valence-corrected chi connectivity index (χ1v) is 11.3. The van der Waals surface area contributed by atoms with E-state index in [1.165, 1.54) is 4.90 Å². The summed E-state index contributed by atoms with van der Waals surface area (Å²) in [6.45, 7) is 4.97. The standard InChI is InChI=1S/C21H19ClINO4S/c1-3-27-17-10-13(9-16(23)19(17)28-4-2)11-18-20(25)24(21(26)29-18)12-14-7-5-6-8-15(14)22/h5-11H,3-4,12H2,1-2H3/b18-11+. The molecule has 2 aromatic rings. The number of ether oxygens (including phenoxy) is 2. The van der Waals surface area contributed by atoms with Gasteiger partial charge in [0.25, 0.3) is 11.1 Å². The molecule has 1 aliphatic rings. The summed E-state index contributed by atoms with van der Waals surface area (Å²) < 4.78 is 12.2. The number of carbonyl (C=O) groups excluding carboxylic acids is 2. The third-order valence-electron chi connectivity index (χ3n) is 4.08. The van der Waals surface area contributed by atoms with Gasteiger partial charge < -0.3 is 9.47 Å². The molecule has 2 aromatic carbocycles. The van der Waals surface area contributed by atoms with Crippen LogP contribution in [-0.4, -0.2) is 29.3 Å². The highest BCUT2D eigenvalue weighted by Crippen LogP contribution is 2.38. The number of amides is 2. The number of carbonyl (C=O) groups is 2. The minimum Gasteiger partial charge on any atom is -0.490 e. The van der Waals surface area contributed by atoms with Gasteiger partial charge in [-0.05, 0) is 83.6 Å². The fourth-order valence-corrected chi connectivity index (χ4v) is 4.62. The first-order chi connectivity index (χ1) is 13.9. The number of rotatable bonds is 7. The van der Waals surface area contributed by atoms with Gasteiger partial charge in [-0.3, -0.25) is 14.5 Å². The number of thioether (sulfide) groups is 1. The molecule has 0 radical (unpaired) electrons. The number of imide groups is 1. The van der Waals surface area contributed by atoms with E-state index in [9.17, 15) is 9.59 Å². The quantitative estimate of drug-likeness (QED) is 0.318. The van der Waals surface area contributed by atoms with Crippen LogP contribution in [0.5, 0.6) is 11.5 Å². The highest BCUT2D eigenvalue weighted by Gasteiger charge is 2.35. The topological polar surface area (TPSA) is 55.8 Å². The Kier molecular flexibility index (Phi) is 7.48. The highest BCUT2D eigenvalue weighted by atomic mass is 127. The Morgan fingerprint density at radius 3 is 2.55 bits per heavy atom. The summed E-state index contributed by atoms with van der Waals surface area (Å²) in [5, 5.41) is 0.213. The molecule has 0 bridgehead atoms. The first-order valence-electron chi connectivity index (χ1n) is 9.02. The van der Waals surface area contributed by atoms with E-state index < -0.39 is 0 Å². The smallest absolute Gasteiger partial charge is 0.293 e. The molecule has 0 aliphatic carbocycles. The maximum atomic E-state index is 12.8. The molecule has 152 valence electrons. The van der Waals surface area contributed by atoms with E-state index in [-0.39, 0.29) is 17.7 Å². The van der Waals surface area contributed by atoms with Crippen LogP contribution in [0.15, 0.2) is 41.3 Å². The van der Waals surface area contributed by atoms with Crippen LogP contribution >= 0.6 is 46.0 Å². The third kappa shape index (κ3) is 5.07. The average molecular weight is 544 g/mol.